The van der Waals surface area contributed by atoms with Gasteiger partial charge in [-0.25, -0.2) is 9.97 Å². The van der Waals surface area contributed by atoms with Crippen molar-refractivity contribution in [3.63, 3.8) is 0 Å². The lowest BCUT2D eigenvalue weighted by atomic mass is 9.95. The lowest BCUT2D eigenvalue weighted by molar-refractivity contribution is 0.0704. The van der Waals surface area contributed by atoms with E-state index in [1.807, 2.05) is 17.0 Å². The second-order valence-corrected chi connectivity index (χ2v) is 9.13. The van der Waals surface area contributed by atoms with Crippen molar-refractivity contribution in [2.24, 2.45) is 0 Å². The molecule has 33 heavy (non-hydrogen) atoms. The molecule has 1 fully saturated rings. The molecule has 0 spiro atoms. The first kappa shape index (κ1) is 21.6. The normalized spacial score (nSPS) is 18.2. The molecule has 0 bridgehead atoms. The number of likely N-dealkylation sites (tertiary alicyclic amines) is 1. The third-order valence-electron chi connectivity index (χ3n) is 6.86. The number of hydrogen-bond acceptors (Lipinski definition) is 5. The Labute approximate surface area is 195 Å². The molecule has 5 rings (SSSR count). The summed E-state index contributed by atoms with van der Waals surface area (Å²) in [7, 11) is 0. The monoisotopic (exact) mass is 441 g/mol. The number of piperidine rings is 1. The maximum absolute atomic E-state index is 13.0. The third-order valence-corrected chi connectivity index (χ3v) is 6.86. The zero-order valence-corrected chi connectivity index (χ0v) is 19.3. The number of fused-ring (bicyclic) bond motifs is 1. The molecule has 1 saturated heterocycles. The van der Waals surface area contributed by atoms with Crippen LogP contribution in [0.4, 0.5) is 5.82 Å². The van der Waals surface area contributed by atoms with E-state index in [1.165, 1.54) is 11.1 Å². The number of aromatic nitrogens is 3. The molecule has 2 aliphatic heterocycles. The summed E-state index contributed by atoms with van der Waals surface area (Å²) in [5.41, 5.74) is 4.38. The maximum Gasteiger partial charge on any atom is 0.255 e. The van der Waals surface area contributed by atoms with E-state index in [0.717, 1.165) is 69.1 Å². The molecule has 1 aromatic carbocycles. The molecular weight excluding hydrogens is 410 g/mol. The molecule has 0 N–H and O–H groups in total. The van der Waals surface area contributed by atoms with Crippen LogP contribution in [0.1, 0.15) is 58.2 Å². The predicted octanol–water partition coefficient (Wildman–Crippen LogP) is 4.20. The number of nitrogens with zero attached hydrogens (tertiary/aromatic N) is 5. The minimum Gasteiger partial charge on any atom is -0.356 e. The fourth-order valence-corrected chi connectivity index (χ4v) is 5.06. The van der Waals surface area contributed by atoms with Gasteiger partial charge in [0.2, 0.25) is 0 Å². The second-order valence-electron chi connectivity index (χ2n) is 9.13. The number of aryl methyl sites for hydroxylation is 1. The predicted molar refractivity (Wildman–Crippen MR) is 130 cm³/mol. The van der Waals surface area contributed by atoms with Crippen molar-refractivity contribution in [3.8, 4) is 0 Å². The standard InChI is InChI=1S/C27H31N5O/c1-20-24-12-7-15-31(17-13-21-8-3-2-4-9-21)26(24)30-25(29-20)23-11-6-16-32(19-23)27(33)22-10-5-14-28-18-22/h2-5,8-10,14,18,23H,6-7,11-13,15-17,19H2,1H3/t23-/m1/s1. The van der Waals surface area contributed by atoms with Crippen molar-refractivity contribution in [1.29, 1.82) is 0 Å². The van der Waals surface area contributed by atoms with Crippen molar-refractivity contribution in [2.75, 3.05) is 31.1 Å². The van der Waals surface area contributed by atoms with E-state index in [-0.39, 0.29) is 11.8 Å². The molecule has 2 aromatic heterocycles. The van der Waals surface area contributed by atoms with Crippen LogP contribution >= 0.6 is 0 Å². The Balaban J connectivity index is 1.35. The highest BCUT2D eigenvalue weighted by Crippen LogP contribution is 2.32. The minimum absolute atomic E-state index is 0.0481. The SMILES string of the molecule is Cc1nc([C@@H]2CCCN(C(=O)c3cccnc3)C2)nc2c1CCCN2CCc1ccccc1. The van der Waals surface area contributed by atoms with Gasteiger partial charge in [-0.15, -0.1) is 0 Å². The highest BCUT2D eigenvalue weighted by molar-refractivity contribution is 5.94. The van der Waals surface area contributed by atoms with Crippen LogP contribution in [0.3, 0.4) is 0 Å². The molecular formula is C27H31N5O. The van der Waals surface area contributed by atoms with E-state index < -0.39 is 0 Å². The lowest BCUT2D eigenvalue weighted by Gasteiger charge is -2.34. The number of carbonyl (C=O) groups is 1. The fraction of sp³-hybridized carbons (Fsp3) is 0.407. The molecule has 0 aliphatic carbocycles. The first-order valence-electron chi connectivity index (χ1n) is 12.0. The van der Waals surface area contributed by atoms with Crippen LogP contribution in [0.15, 0.2) is 54.9 Å². The molecule has 6 heteroatoms. The molecule has 4 heterocycles. The van der Waals surface area contributed by atoms with Crippen LogP contribution in [0.2, 0.25) is 0 Å². The minimum atomic E-state index is 0.0481. The Morgan fingerprint density at radius 2 is 1.94 bits per heavy atom. The number of pyridine rings is 1. The summed E-state index contributed by atoms with van der Waals surface area (Å²) < 4.78 is 0. The van der Waals surface area contributed by atoms with Crippen LogP contribution < -0.4 is 4.90 Å². The summed E-state index contributed by atoms with van der Waals surface area (Å²) >= 11 is 0. The van der Waals surface area contributed by atoms with Gasteiger partial charge in [0.25, 0.3) is 5.91 Å². The van der Waals surface area contributed by atoms with Gasteiger partial charge in [-0.05, 0) is 56.7 Å². The summed E-state index contributed by atoms with van der Waals surface area (Å²) in [6.45, 7) is 5.55. The molecule has 0 unspecified atom stereocenters. The molecule has 1 atom stereocenters. The maximum atomic E-state index is 13.0. The van der Waals surface area contributed by atoms with E-state index in [0.29, 0.717) is 12.1 Å². The smallest absolute Gasteiger partial charge is 0.255 e. The van der Waals surface area contributed by atoms with Gasteiger partial charge in [-0.2, -0.15) is 0 Å². The zero-order chi connectivity index (χ0) is 22.6. The Hall–Kier alpha value is -3.28. The van der Waals surface area contributed by atoms with E-state index in [1.54, 1.807) is 12.4 Å². The van der Waals surface area contributed by atoms with Crippen molar-refractivity contribution >= 4 is 11.7 Å². The number of benzene rings is 1. The van der Waals surface area contributed by atoms with Crippen molar-refractivity contribution in [3.05, 3.63) is 83.1 Å². The molecule has 0 saturated carbocycles. The zero-order valence-electron chi connectivity index (χ0n) is 19.3. The van der Waals surface area contributed by atoms with Crippen LogP contribution in [-0.4, -0.2) is 51.9 Å². The van der Waals surface area contributed by atoms with Gasteiger partial charge >= 0.3 is 0 Å². The topological polar surface area (TPSA) is 62.2 Å². The quantitative estimate of drug-likeness (QED) is 0.594. The average molecular weight is 442 g/mol. The lowest BCUT2D eigenvalue weighted by Crippen LogP contribution is -2.40. The van der Waals surface area contributed by atoms with Gasteiger partial charge in [0.1, 0.15) is 11.6 Å². The Morgan fingerprint density at radius 1 is 1.06 bits per heavy atom. The van der Waals surface area contributed by atoms with Crippen molar-refractivity contribution in [1.82, 2.24) is 19.9 Å². The van der Waals surface area contributed by atoms with Gasteiger partial charge in [-0.1, -0.05) is 30.3 Å². The third kappa shape index (κ3) is 4.75. The van der Waals surface area contributed by atoms with Gasteiger partial charge in [-0.3, -0.25) is 9.78 Å². The first-order valence-corrected chi connectivity index (χ1v) is 12.0. The Bertz CT molecular complexity index is 1100. The van der Waals surface area contributed by atoms with Crippen LogP contribution in [0.25, 0.3) is 0 Å². The Morgan fingerprint density at radius 3 is 2.76 bits per heavy atom. The van der Waals surface area contributed by atoms with Crippen LogP contribution in [-0.2, 0) is 12.8 Å². The van der Waals surface area contributed by atoms with E-state index >= 15 is 0 Å². The highest BCUT2D eigenvalue weighted by Gasteiger charge is 2.30. The first-order chi connectivity index (χ1) is 16.2. The van der Waals surface area contributed by atoms with Gasteiger partial charge in [0.05, 0.1) is 5.56 Å². The fourth-order valence-electron chi connectivity index (χ4n) is 5.06. The van der Waals surface area contributed by atoms with E-state index in [9.17, 15) is 4.79 Å². The number of amides is 1. The van der Waals surface area contributed by atoms with E-state index in [4.69, 9.17) is 9.97 Å². The summed E-state index contributed by atoms with van der Waals surface area (Å²) in [6.07, 6.45) is 8.52. The van der Waals surface area contributed by atoms with Crippen molar-refractivity contribution in [2.45, 2.75) is 44.9 Å². The van der Waals surface area contributed by atoms with E-state index in [2.05, 4.69) is 47.1 Å². The molecule has 1 amide bonds. The molecule has 2 aliphatic rings. The largest absolute Gasteiger partial charge is 0.356 e. The van der Waals surface area contributed by atoms with Crippen LogP contribution in [0, 0.1) is 6.92 Å². The van der Waals surface area contributed by atoms with Gasteiger partial charge in [0, 0.05) is 55.7 Å². The van der Waals surface area contributed by atoms with Crippen LogP contribution in [0.5, 0.6) is 0 Å². The second kappa shape index (κ2) is 9.69. The summed E-state index contributed by atoms with van der Waals surface area (Å²) in [4.78, 5) is 31.5. The molecule has 3 aromatic rings. The molecule has 170 valence electrons. The van der Waals surface area contributed by atoms with Gasteiger partial charge < -0.3 is 9.80 Å². The summed E-state index contributed by atoms with van der Waals surface area (Å²) in [5.74, 6) is 2.21. The number of carbonyl (C=O) groups excluding carboxylic acids is 1. The Kier molecular flexibility index (Phi) is 6.33. The van der Waals surface area contributed by atoms with Crippen molar-refractivity contribution < 1.29 is 4.79 Å². The molecule has 6 nitrogen and oxygen atoms in total. The number of hydrogen-bond donors (Lipinski definition) is 0. The van der Waals surface area contributed by atoms with Gasteiger partial charge in [0.15, 0.2) is 0 Å². The molecule has 0 radical (unpaired) electrons. The summed E-state index contributed by atoms with van der Waals surface area (Å²) in [5, 5.41) is 0. The number of anilines is 1. The highest BCUT2D eigenvalue weighted by atomic mass is 16.2. The average Bonchev–Trinajstić information content (AvgIpc) is 2.88. The summed E-state index contributed by atoms with van der Waals surface area (Å²) in [6, 6.07) is 14.3. The number of rotatable bonds is 5.